The fourth-order valence-electron chi connectivity index (χ4n) is 5.90. The normalized spacial score (nSPS) is 33.3. The molecule has 8 nitrogen and oxygen atoms in total. The lowest BCUT2D eigenvalue weighted by atomic mass is 9.78. The molecule has 1 aromatic carbocycles. The van der Waals surface area contributed by atoms with E-state index in [2.05, 4.69) is 0 Å². The van der Waals surface area contributed by atoms with E-state index in [0.717, 1.165) is 12.0 Å². The van der Waals surface area contributed by atoms with Crippen molar-refractivity contribution in [1.29, 1.82) is 0 Å². The number of allylic oxidation sites excluding steroid dienone is 1. The van der Waals surface area contributed by atoms with E-state index in [1.54, 1.807) is 17.0 Å². The van der Waals surface area contributed by atoms with E-state index in [4.69, 9.17) is 21.1 Å². The number of aryl methyl sites for hydroxylation is 1. The highest BCUT2D eigenvalue weighted by atomic mass is 35.5. The molecule has 2 saturated heterocycles. The fourth-order valence-corrected chi connectivity index (χ4v) is 6.22. The number of rotatable bonds is 4. The number of cyclic esters (lactones) is 1. The molecule has 9 heteroatoms. The molecule has 0 aliphatic carbocycles. The summed E-state index contributed by atoms with van der Waals surface area (Å²) < 4.78 is 12.0. The monoisotopic (exact) mass is 500 g/mol. The van der Waals surface area contributed by atoms with E-state index in [-0.39, 0.29) is 38.1 Å². The van der Waals surface area contributed by atoms with Gasteiger partial charge in [-0.25, -0.2) is 0 Å². The summed E-state index contributed by atoms with van der Waals surface area (Å²) in [5.41, 5.74) is 0.0826. The van der Waals surface area contributed by atoms with E-state index in [0.29, 0.717) is 23.6 Å². The van der Waals surface area contributed by atoms with Crippen molar-refractivity contribution in [2.24, 2.45) is 11.8 Å². The highest BCUT2D eigenvalue weighted by Gasteiger charge is 2.71. The zero-order chi connectivity index (χ0) is 24.7. The van der Waals surface area contributed by atoms with E-state index in [9.17, 15) is 19.5 Å². The number of fused-ring (bicyclic) bond motifs is 2. The predicted molar refractivity (Wildman–Crippen MR) is 129 cm³/mol. The SMILES string of the molecule is Cc1cccc(Cl)c1N1CC=C[C@]23O[C@H]4/C=C\CCCOC(=O)[C@H]4[C@H]2C(=O)N(CCCO)C3C1=O. The third-order valence-corrected chi connectivity index (χ3v) is 7.67. The Bertz CT molecular complexity index is 1080. The second kappa shape index (κ2) is 9.41. The predicted octanol–water partition coefficient (Wildman–Crippen LogP) is 2.41. The fraction of sp³-hybridized carbons (Fsp3) is 0.500. The average Bonchev–Trinajstić information content (AvgIpc) is 3.23. The molecular formula is C26H29ClN2O6. The summed E-state index contributed by atoms with van der Waals surface area (Å²) in [6.07, 6.45) is 8.41. The number of anilines is 1. The lowest BCUT2D eigenvalue weighted by molar-refractivity contribution is -0.154. The molecule has 0 saturated carbocycles. The van der Waals surface area contributed by atoms with Gasteiger partial charge in [-0.1, -0.05) is 48.0 Å². The summed E-state index contributed by atoms with van der Waals surface area (Å²) in [7, 11) is 0. The summed E-state index contributed by atoms with van der Waals surface area (Å²) in [6, 6.07) is 4.42. The molecule has 0 bridgehead atoms. The highest BCUT2D eigenvalue weighted by molar-refractivity contribution is 6.34. The second-order valence-electron chi connectivity index (χ2n) is 9.45. The van der Waals surface area contributed by atoms with Gasteiger partial charge in [0.2, 0.25) is 5.91 Å². The molecule has 1 N–H and O–H groups in total. The third-order valence-electron chi connectivity index (χ3n) is 7.37. The van der Waals surface area contributed by atoms with Crippen LogP contribution in [0.5, 0.6) is 0 Å². The molecule has 0 radical (unpaired) electrons. The quantitative estimate of drug-likeness (QED) is 0.504. The molecule has 4 aliphatic rings. The molecule has 5 atom stereocenters. The maximum Gasteiger partial charge on any atom is 0.312 e. The first kappa shape index (κ1) is 24.0. The van der Waals surface area contributed by atoms with Crippen molar-refractivity contribution < 1.29 is 29.0 Å². The number of likely N-dealkylation sites (tertiary alicyclic amines) is 1. The molecule has 1 unspecified atom stereocenters. The molecular weight excluding hydrogens is 472 g/mol. The molecule has 2 fully saturated rings. The number of aliphatic hydroxyl groups is 1. The topological polar surface area (TPSA) is 96.4 Å². The standard InChI is InChI=1S/C26H29ClN2O6/c1-16-8-5-9-17(27)21(16)28-12-6-11-26-20(23(31)29(13-7-14-30)22(26)24(28)32)19-18(35-26)10-3-2-4-15-34-25(19)33/h3,5-6,8-11,18-20,22,30H,2,4,7,12-15H2,1H3/b10-3-/t18-,19+,20-,22?,26-/m0/s1. The number of benzene rings is 1. The van der Waals surface area contributed by atoms with Gasteiger partial charge < -0.3 is 24.4 Å². The summed E-state index contributed by atoms with van der Waals surface area (Å²) in [5, 5.41) is 9.92. The number of esters is 1. The Morgan fingerprint density at radius 1 is 1.20 bits per heavy atom. The molecule has 0 aromatic heterocycles. The highest BCUT2D eigenvalue weighted by Crippen LogP contribution is 2.53. The van der Waals surface area contributed by atoms with Gasteiger partial charge in [0.25, 0.3) is 5.91 Å². The van der Waals surface area contributed by atoms with E-state index in [1.165, 1.54) is 4.90 Å². The molecule has 1 spiro atoms. The lowest BCUT2D eigenvalue weighted by Gasteiger charge is -2.35. The van der Waals surface area contributed by atoms with E-state index >= 15 is 0 Å². The largest absolute Gasteiger partial charge is 0.465 e. The number of halogens is 1. The smallest absolute Gasteiger partial charge is 0.312 e. The van der Waals surface area contributed by atoms with Crippen LogP contribution in [-0.2, 0) is 23.9 Å². The summed E-state index contributed by atoms with van der Waals surface area (Å²) >= 11 is 6.52. The lowest BCUT2D eigenvalue weighted by Crippen LogP contribution is -2.55. The van der Waals surface area contributed by atoms with Crippen molar-refractivity contribution in [3.8, 4) is 0 Å². The van der Waals surface area contributed by atoms with Crippen LogP contribution in [0.1, 0.15) is 24.8 Å². The van der Waals surface area contributed by atoms with Gasteiger partial charge in [0.15, 0.2) is 0 Å². The number of carbonyl (C=O) groups excluding carboxylic acids is 3. The van der Waals surface area contributed by atoms with Crippen LogP contribution >= 0.6 is 11.6 Å². The maximum atomic E-state index is 14.2. The Kier molecular flexibility index (Phi) is 6.46. The zero-order valence-electron chi connectivity index (χ0n) is 19.6. The Morgan fingerprint density at radius 3 is 2.80 bits per heavy atom. The van der Waals surface area contributed by atoms with Crippen LogP contribution in [0.3, 0.4) is 0 Å². The first-order valence-corrected chi connectivity index (χ1v) is 12.4. The number of nitrogens with zero attached hydrogens (tertiary/aromatic N) is 2. The molecule has 35 heavy (non-hydrogen) atoms. The molecule has 1 aromatic rings. The van der Waals surface area contributed by atoms with Gasteiger partial charge in [0.1, 0.15) is 17.6 Å². The van der Waals surface area contributed by atoms with Crippen LogP contribution in [0.2, 0.25) is 5.02 Å². The number of hydrogen-bond donors (Lipinski definition) is 1. The Morgan fingerprint density at radius 2 is 2.03 bits per heavy atom. The van der Waals surface area contributed by atoms with E-state index in [1.807, 2.05) is 37.3 Å². The summed E-state index contributed by atoms with van der Waals surface area (Å²) in [6.45, 7) is 2.42. The Balaban J connectivity index is 1.63. The van der Waals surface area contributed by atoms with Crippen LogP contribution in [0, 0.1) is 18.8 Å². The molecule has 4 heterocycles. The van der Waals surface area contributed by atoms with Gasteiger partial charge in [0, 0.05) is 19.7 Å². The van der Waals surface area contributed by atoms with Crippen molar-refractivity contribution in [3.63, 3.8) is 0 Å². The van der Waals surface area contributed by atoms with Crippen LogP contribution in [0.15, 0.2) is 42.5 Å². The maximum absolute atomic E-state index is 14.2. The number of ether oxygens (including phenoxy) is 2. The van der Waals surface area contributed by atoms with Gasteiger partial charge >= 0.3 is 5.97 Å². The van der Waals surface area contributed by atoms with Gasteiger partial charge in [-0.15, -0.1) is 0 Å². The summed E-state index contributed by atoms with van der Waals surface area (Å²) in [5.74, 6) is -2.91. The van der Waals surface area contributed by atoms with Crippen molar-refractivity contribution in [1.82, 2.24) is 4.90 Å². The second-order valence-corrected chi connectivity index (χ2v) is 9.85. The molecule has 4 aliphatic heterocycles. The van der Waals surface area contributed by atoms with Crippen LogP contribution in [-0.4, -0.2) is 71.8 Å². The number of hydrogen-bond acceptors (Lipinski definition) is 6. The number of aliphatic hydroxyl groups excluding tert-OH is 1. The molecule has 186 valence electrons. The van der Waals surface area contributed by atoms with Gasteiger partial charge in [-0.05, 0) is 37.8 Å². The number of para-hydroxylation sites is 1. The molecule has 2 amide bonds. The van der Waals surface area contributed by atoms with Crippen LogP contribution in [0.4, 0.5) is 5.69 Å². The van der Waals surface area contributed by atoms with Crippen LogP contribution < -0.4 is 4.90 Å². The Labute approximate surface area is 209 Å². The summed E-state index contributed by atoms with van der Waals surface area (Å²) in [4.78, 5) is 44.3. The number of amides is 2. The first-order valence-electron chi connectivity index (χ1n) is 12.1. The Hall–Kier alpha value is -2.68. The van der Waals surface area contributed by atoms with Gasteiger partial charge in [-0.2, -0.15) is 0 Å². The zero-order valence-corrected chi connectivity index (χ0v) is 20.3. The van der Waals surface area contributed by atoms with E-state index < -0.39 is 35.6 Å². The molecule has 5 rings (SSSR count). The minimum absolute atomic E-state index is 0.136. The minimum atomic E-state index is -1.33. The first-order chi connectivity index (χ1) is 16.9. The average molecular weight is 501 g/mol. The van der Waals surface area contributed by atoms with Gasteiger partial charge in [0.05, 0.1) is 29.3 Å². The van der Waals surface area contributed by atoms with Crippen molar-refractivity contribution in [3.05, 3.63) is 53.1 Å². The van der Waals surface area contributed by atoms with Crippen molar-refractivity contribution in [2.75, 3.05) is 31.2 Å². The van der Waals surface area contributed by atoms with Crippen molar-refractivity contribution >= 4 is 35.1 Å². The van der Waals surface area contributed by atoms with Gasteiger partial charge in [-0.3, -0.25) is 14.4 Å². The number of carbonyl (C=O) groups is 3. The third kappa shape index (κ3) is 3.79. The minimum Gasteiger partial charge on any atom is -0.465 e. The van der Waals surface area contributed by atoms with Crippen molar-refractivity contribution in [2.45, 2.75) is 43.9 Å². The van der Waals surface area contributed by atoms with Crippen LogP contribution in [0.25, 0.3) is 0 Å².